The molecule has 0 aromatic rings. The maximum absolute atomic E-state index is 11.9. The molecule has 0 bridgehead atoms. The molecule has 0 radical (unpaired) electrons. The predicted molar refractivity (Wildman–Crippen MR) is 130 cm³/mol. The zero-order valence-corrected chi connectivity index (χ0v) is 20.7. The summed E-state index contributed by atoms with van der Waals surface area (Å²) < 4.78 is 0. The summed E-state index contributed by atoms with van der Waals surface area (Å²) in [7, 11) is 0. The SMILES string of the molecule is CC(=O)CC[C@H](NC(=O)CCCCCCCCCCCCCCCCCCC(=O)O)C(=O)O. The van der Waals surface area contributed by atoms with Crippen molar-refractivity contribution in [3.8, 4) is 0 Å². The maximum atomic E-state index is 11.9. The molecule has 0 aliphatic heterocycles. The molecular weight excluding hydrogens is 422 g/mol. The van der Waals surface area contributed by atoms with Gasteiger partial charge in [-0.3, -0.25) is 9.59 Å². The van der Waals surface area contributed by atoms with E-state index in [1.165, 1.54) is 71.1 Å². The number of unbranched alkanes of at least 4 members (excludes halogenated alkanes) is 15. The van der Waals surface area contributed by atoms with Crippen molar-refractivity contribution in [3.05, 3.63) is 0 Å². The first-order valence-electron chi connectivity index (χ1n) is 13.1. The zero-order valence-electron chi connectivity index (χ0n) is 20.7. The maximum Gasteiger partial charge on any atom is 0.326 e. The van der Waals surface area contributed by atoms with Gasteiger partial charge in [-0.05, 0) is 26.2 Å². The van der Waals surface area contributed by atoms with Gasteiger partial charge in [-0.2, -0.15) is 0 Å². The molecule has 0 unspecified atom stereocenters. The fourth-order valence-corrected chi connectivity index (χ4v) is 3.91. The van der Waals surface area contributed by atoms with Crippen molar-refractivity contribution >= 4 is 23.6 Å². The smallest absolute Gasteiger partial charge is 0.326 e. The molecule has 0 heterocycles. The first kappa shape index (κ1) is 31.1. The number of hydrogen-bond acceptors (Lipinski definition) is 4. The van der Waals surface area contributed by atoms with Gasteiger partial charge in [0.1, 0.15) is 11.8 Å². The van der Waals surface area contributed by atoms with Crippen LogP contribution in [-0.2, 0) is 19.2 Å². The predicted octanol–water partition coefficient (Wildman–Crippen LogP) is 6.03. The van der Waals surface area contributed by atoms with Crippen LogP contribution in [0.2, 0.25) is 0 Å². The van der Waals surface area contributed by atoms with Gasteiger partial charge in [-0.15, -0.1) is 0 Å². The van der Waals surface area contributed by atoms with Crippen LogP contribution in [0.5, 0.6) is 0 Å². The van der Waals surface area contributed by atoms with E-state index in [0.717, 1.165) is 38.5 Å². The van der Waals surface area contributed by atoms with E-state index in [2.05, 4.69) is 5.32 Å². The number of ketones is 1. The summed E-state index contributed by atoms with van der Waals surface area (Å²) in [5.74, 6) is -2.10. The Morgan fingerprint density at radius 1 is 0.576 bits per heavy atom. The highest BCUT2D eigenvalue weighted by Crippen LogP contribution is 2.14. The van der Waals surface area contributed by atoms with Crippen LogP contribution in [0.4, 0.5) is 0 Å². The van der Waals surface area contributed by atoms with Gasteiger partial charge < -0.3 is 20.3 Å². The van der Waals surface area contributed by atoms with Gasteiger partial charge in [0.05, 0.1) is 0 Å². The van der Waals surface area contributed by atoms with E-state index in [9.17, 15) is 19.2 Å². The molecule has 0 aliphatic carbocycles. The Morgan fingerprint density at radius 3 is 1.27 bits per heavy atom. The lowest BCUT2D eigenvalue weighted by Gasteiger charge is -2.13. The number of nitrogens with one attached hydrogen (secondary N) is 1. The van der Waals surface area contributed by atoms with Gasteiger partial charge in [0, 0.05) is 19.3 Å². The van der Waals surface area contributed by atoms with Crippen LogP contribution in [-0.4, -0.2) is 39.9 Å². The molecule has 0 fully saturated rings. The van der Waals surface area contributed by atoms with Gasteiger partial charge in [0.25, 0.3) is 0 Å². The molecule has 7 nitrogen and oxygen atoms in total. The molecule has 7 heteroatoms. The summed E-state index contributed by atoms with van der Waals surface area (Å²) in [6.07, 6.45) is 19.4. The molecule has 0 rings (SSSR count). The number of carboxylic acids is 2. The van der Waals surface area contributed by atoms with Crippen LogP contribution < -0.4 is 5.32 Å². The Morgan fingerprint density at radius 2 is 0.939 bits per heavy atom. The Labute approximate surface area is 200 Å². The minimum absolute atomic E-state index is 0.0752. The first-order valence-corrected chi connectivity index (χ1v) is 13.1. The van der Waals surface area contributed by atoms with Gasteiger partial charge in [-0.1, -0.05) is 89.9 Å². The molecule has 0 saturated carbocycles. The van der Waals surface area contributed by atoms with Crippen molar-refractivity contribution in [1.82, 2.24) is 5.32 Å². The van der Waals surface area contributed by atoms with E-state index >= 15 is 0 Å². The summed E-state index contributed by atoms with van der Waals surface area (Å²) in [6, 6.07) is -0.975. The first-order chi connectivity index (χ1) is 15.8. The summed E-state index contributed by atoms with van der Waals surface area (Å²) in [5.41, 5.74) is 0. The van der Waals surface area contributed by atoms with Crippen molar-refractivity contribution in [2.45, 2.75) is 141 Å². The molecule has 192 valence electrons. The molecule has 3 N–H and O–H groups in total. The molecule has 0 aliphatic rings. The molecular formula is C26H47NO6. The Bertz CT molecular complexity index is 549. The second-order valence-corrected chi connectivity index (χ2v) is 9.25. The fourth-order valence-electron chi connectivity index (χ4n) is 3.91. The highest BCUT2D eigenvalue weighted by atomic mass is 16.4. The molecule has 1 amide bonds. The van der Waals surface area contributed by atoms with Crippen LogP contribution in [0.25, 0.3) is 0 Å². The minimum Gasteiger partial charge on any atom is -0.481 e. The number of Topliss-reactive ketones (excluding diaryl/α,β-unsaturated/α-hetero) is 1. The van der Waals surface area contributed by atoms with Crippen LogP contribution in [0, 0.1) is 0 Å². The minimum atomic E-state index is -1.09. The van der Waals surface area contributed by atoms with Gasteiger partial charge in [0.15, 0.2) is 0 Å². The van der Waals surface area contributed by atoms with E-state index < -0.39 is 18.0 Å². The number of rotatable bonds is 24. The van der Waals surface area contributed by atoms with Crippen LogP contribution in [0.1, 0.15) is 135 Å². The van der Waals surface area contributed by atoms with Gasteiger partial charge in [-0.25, -0.2) is 4.79 Å². The van der Waals surface area contributed by atoms with E-state index in [1.54, 1.807) is 0 Å². The lowest BCUT2D eigenvalue weighted by Crippen LogP contribution is -2.40. The van der Waals surface area contributed by atoms with E-state index in [1.807, 2.05) is 0 Å². The third kappa shape index (κ3) is 23.0. The lowest BCUT2D eigenvalue weighted by molar-refractivity contribution is -0.142. The van der Waals surface area contributed by atoms with Crippen molar-refractivity contribution in [1.29, 1.82) is 0 Å². The van der Waals surface area contributed by atoms with E-state index in [4.69, 9.17) is 10.2 Å². The molecule has 0 aromatic heterocycles. The standard InChI is InChI=1S/C26H47NO6/c1-22(28)20-21-23(26(32)33)27-24(29)18-16-14-12-10-8-6-4-2-3-5-7-9-11-13-15-17-19-25(30)31/h23H,2-21H2,1H3,(H,27,29)(H,30,31)(H,32,33)/t23-/m0/s1. The number of hydrogen-bond donors (Lipinski definition) is 3. The van der Waals surface area contributed by atoms with Crippen molar-refractivity contribution < 1.29 is 29.4 Å². The van der Waals surface area contributed by atoms with E-state index in [-0.39, 0.29) is 24.5 Å². The average molecular weight is 470 g/mol. The molecule has 1 atom stereocenters. The zero-order chi connectivity index (χ0) is 24.7. The van der Waals surface area contributed by atoms with Crippen molar-refractivity contribution in [2.24, 2.45) is 0 Å². The quantitative estimate of drug-likeness (QED) is 0.148. The summed E-state index contributed by atoms with van der Waals surface area (Å²) >= 11 is 0. The molecule has 0 aromatic carbocycles. The Kier molecular flexibility index (Phi) is 20.6. The Hall–Kier alpha value is -1.92. The molecule has 0 spiro atoms. The molecule has 33 heavy (non-hydrogen) atoms. The van der Waals surface area contributed by atoms with Gasteiger partial charge >= 0.3 is 11.9 Å². The van der Waals surface area contributed by atoms with Crippen LogP contribution in [0.15, 0.2) is 0 Å². The monoisotopic (exact) mass is 469 g/mol. The number of carbonyl (C=O) groups is 4. The third-order valence-corrected chi connectivity index (χ3v) is 5.96. The van der Waals surface area contributed by atoms with Gasteiger partial charge in [0.2, 0.25) is 5.91 Å². The van der Waals surface area contributed by atoms with Crippen molar-refractivity contribution in [3.63, 3.8) is 0 Å². The highest BCUT2D eigenvalue weighted by molar-refractivity contribution is 5.84. The summed E-state index contributed by atoms with van der Waals surface area (Å²) in [4.78, 5) is 44.5. The average Bonchev–Trinajstić information content (AvgIpc) is 2.75. The summed E-state index contributed by atoms with van der Waals surface area (Å²) in [5, 5.41) is 20.2. The van der Waals surface area contributed by atoms with E-state index in [0.29, 0.717) is 12.8 Å². The summed E-state index contributed by atoms with van der Waals surface area (Å²) in [6.45, 7) is 1.42. The number of carboxylic acid groups (broad SMARTS) is 2. The lowest BCUT2D eigenvalue weighted by atomic mass is 10.0. The largest absolute Gasteiger partial charge is 0.481 e. The Balaban J connectivity index is 3.39. The van der Waals surface area contributed by atoms with Crippen LogP contribution >= 0.6 is 0 Å². The highest BCUT2D eigenvalue weighted by Gasteiger charge is 2.19. The number of carbonyl (C=O) groups excluding carboxylic acids is 2. The van der Waals surface area contributed by atoms with Crippen LogP contribution in [0.3, 0.4) is 0 Å². The second kappa shape index (κ2) is 21.9. The number of amides is 1. The fraction of sp³-hybridized carbons (Fsp3) is 0.846. The molecule has 0 saturated heterocycles. The second-order valence-electron chi connectivity index (χ2n) is 9.25. The topological polar surface area (TPSA) is 121 Å². The number of aliphatic carboxylic acids is 2. The third-order valence-electron chi connectivity index (χ3n) is 5.96. The normalized spacial score (nSPS) is 11.8. The van der Waals surface area contributed by atoms with Crippen molar-refractivity contribution in [2.75, 3.05) is 0 Å².